The van der Waals surface area contributed by atoms with E-state index in [9.17, 15) is 30.7 Å². The van der Waals surface area contributed by atoms with E-state index in [2.05, 4.69) is 0 Å². The van der Waals surface area contributed by atoms with Crippen LogP contribution in [0.5, 0.6) is 0 Å². The lowest BCUT2D eigenvalue weighted by atomic mass is 10.2. The van der Waals surface area contributed by atoms with Crippen LogP contribution in [0.25, 0.3) is 0 Å². The molecule has 8 heteroatoms. The first-order valence-electron chi connectivity index (χ1n) is 2.63. The Morgan fingerprint density at radius 3 is 1.67 bits per heavy atom. The minimum atomic E-state index is -5.83. The van der Waals surface area contributed by atoms with Crippen LogP contribution in [0.2, 0.25) is 0 Å². The summed E-state index contributed by atoms with van der Waals surface area (Å²) < 4.78 is 78.0. The highest BCUT2D eigenvalue weighted by molar-refractivity contribution is 7.79. The van der Waals surface area contributed by atoms with E-state index in [1.807, 2.05) is 0 Å². The summed E-state index contributed by atoms with van der Waals surface area (Å²) in [6.07, 6.45) is -5.83. The Hall–Kier alpha value is -0.240. The van der Waals surface area contributed by atoms with Gasteiger partial charge in [-0.15, -0.1) is 0 Å². The molecule has 0 spiro atoms. The Morgan fingerprint density at radius 1 is 1.25 bits per heavy atom. The van der Waals surface area contributed by atoms with Gasteiger partial charge in [0.05, 0.1) is 5.25 Å². The summed E-state index contributed by atoms with van der Waals surface area (Å²) in [7, 11) is 0. The second kappa shape index (κ2) is 3.25. The topological polar surface area (TPSA) is 40.1 Å². The van der Waals surface area contributed by atoms with E-state index in [0.29, 0.717) is 0 Å². The Balaban J connectivity index is 4.73. The quantitative estimate of drug-likeness (QED) is 0.512. The van der Waals surface area contributed by atoms with Gasteiger partial charge >= 0.3 is 12.1 Å². The lowest BCUT2D eigenvalue weighted by molar-refractivity contribution is -0.280. The molecule has 0 N–H and O–H groups in total. The lowest BCUT2D eigenvalue weighted by Gasteiger charge is -2.26. The van der Waals surface area contributed by atoms with Crippen LogP contribution >= 0.6 is 0 Å². The fourth-order valence-corrected chi connectivity index (χ4v) is 0.727. The molecule has 0 saturated heterocycles. The van der Waals surface area contributed by atoms with Crippen molar-refractivity contribution in [2.24, 2.45) is 0 Å². The molecular formula is C4H4F5O2S-. The standard InChI is InChI=1S/C4H5F5O2S/c1-2(12(10)11)3(5,6)4(7,8)9/h2H,1H3,(H,10,11)/p-1. The number of hydrogen-bond acceptors (Lipinski definition) is 2. The van der Waals surface area contributed by atoms with Gasteiger partial charge in [0.25, 0.3) is 0 Å². The Labute approximate surface area is 67.0 Å². The molecule has 0 aromatic rings. The molecule has 0 aliphatic carbocycles. The zero-order chi connectivity index (χ0) is 10.2. The van der Waals surface area contributed by atoms with Gasteiger partial charge in [0.2, 0.25) is 0 Å². The van der Waals surface area contributed by atoms with Gasteiger partial charge in [-0.05, 0) is 18.0 Å². The average molecular weight is 211 g/mol. The van der Waals surface area contributed by atoms with Gasteiger partial charge in [0, 0.05) is 0 Å². The van der Waals surface area contributed by atoms with Crippen LogP contribution in [0.4, 0.5) is 22.0 Å². The molecule has 0 saturated carbocycles. The van der Waals surface area contributed by atoms with Crippen molar-refractivity contribution in [1.82, 2.24) is 0 Å². The van der Waals surface area contributed by atoms with Crippen LogP contribution in [-0.2, 0) is 11.1 Å². The maximum Gasteiger partial charge on any atom is 0.454 e. The lowest BCUT2D eigenvalue weighted by Crippen LogP contribution is -2.47. The molecule has 0 heterocycles. The van der Waals surface area contributed by atoms with Crippen molar-refractivity contribution < 1.29 is 30.7 Å². The molecule has 0 aromatic heterocycles. The van der Waals surface area contributed by atoms with Crippen molar-refractivity contribution in [2.45, 2.75) is 24.3 Å². The predicted molar refractivity (Wildman–Crippen MR) is 29.4 cm³/mol. The third kappa shape index (κ3) is 2.13. The maximum atomic E-state index is 12.1. The highest BCUT2D eigenvalue weighted by Crippen LogP contribution is 2.39. The third-order valence-corrected chi connectivity index (χ3v) is 2.05. The summed E-state index contributed by atoms with van der Waals surface area (Å²) in [6.45, 7) is 0.288. The molecule has 74 valence electrons. The summed E-state index contributed by atoms with van der Waals surface area (Å²) >= 11 is -3.45. The fourth-order valence-electron chi connectivity index (χ4n) is 0.351. The molecule has 2 nitrogen and oxygen atoms in total. The first-order valence-corrected chi connectivity index (χ1v) is 3.77. The van der Waals surface area contributed by atoms with Crippen LogP contribution in [0.1, 0.15) is 6.92 Å². The molecule has 0 aromatic carbocycles. The summed E-state index contributed by atoms with van der Waals surface area (Å²) in [6, 6.07) is 0. The fraction of sp³-hybridized carbons (Fsp3) is 1.00. The molecule has 0 radical (unpaired) electrons. The maximum absolute atomic E-state index is 12.1. The van der Waals surface area contributed by atoms with E-state index >= 15 is 0 Å². The number of hydrogen-bond donors (Lipinski definition) is 0. The molecule has 0 amide bonds. The molecule has 0 bridgehead atoms. The summed E-state index contributed by atoms with van der Waals surface area (Å²) in [4.78, 5) is 0. The Bertz CT molecular complexity index is 188. The number of halogens is 5. The van der Waals surface area contributed by atoms with Gasteiger partial charge < -0.3 is 4.55 Å². The number of rotatable bonds is 2. The second-order valence-electron chi connectivity index (χ2n) is 2.02. The molecule has 0 aliphatic rings. The predicted octanol–water partition coefficient (Wildman–Crippen LogP) is 1.45. The normalized spacial score (nSPS) is 18.9. The van der Waals surface area contributed by atoms with Crippen LogP contribution < -0.4 is 0 Å². The largest absolute Gasteiger partial charge is 0.772 e. The highest BCUT2D eigenvalue weighted by atomic mass is 32.2. The van der Waals surface area contributed by atoms with E-state index < -0.39 is 28.4 Å². The SMILES string of the molecule is CC(S(=O)[O-])C(F)(F)C(F)(F)F. The second-order valence-corrected chi connectivity index (χ2v) is 3.25. The van der Waals surface area contributed by atoms with E-state index in [1.54, 1.807) is 0 Å². The van der Waals surface area contributed by atoms with Gasteiger partial charge in [-0.3, -0.25) is 4.21 Å². The Morgan fingerprint density at radius 2 is 1.58 bits per heavy atom. The van der Waals surface area contributed by atoms with Gasteiger partial charge in [0.1, 0.15) is 0 Å². The first kappa shape index (κ1) is 11.8. The third-order valence-electron chi connectivity index (χ3n) is 1.18. The molecule has 2 unspecified atom stereocenters. The van der Waals surface area contributed by atoms with Gasteiger partial charge in [-0.1, -0.05) is 0 Å². The van der Waals surface area contributed by atoms with Gasteiger partial charge in [0.15, 0.2) is 0 Å². The molecule has 2 atom stereocenters. The minimum absolute atomic E-state index is 0.288. The number of alkyl halides is 5. The minimum Gasteiger partial charge on any atom is -0.772 e. The van der Waals surface area contributed by atoms with E-state index in [-0.39, 0.29) is 6.92 Å². The molecule has 12 heavy (non-hydrogen) atoms. The highest BCUT2D eigenvalue weighted by Gasteiger charge is 2.61. The molecule has 0 fully saturated rings. The van der Waals surface area contributed by atoms with E-state index in [1.165, 1.54) is 0 Å². The van der Waals surface area contributed by atoms with E-state index in [4.69, 9.17) is 0 Å². The van der Waals surface area contributed by atoms with E-state index in [0.717, 1.165) is 0 Å². The first-order chi connectivity index (χ1) is 5.10. The van der Waals surface area contributed by atoms with Crippen LogP contribution in [-0.4, -0.2) is 26.1 Å². The van der Waals surface area contributed by atoms with Crippen molar-refractivity contribution in [3.05, 3.63) is 0 Å². The van der Waals surface area contributed by atoms with Crippen molar-refractivity contribution >= 4 is 11.1 Å². The van der Waals surface area contributed by atoms with Crippen LogP contribution in [0.15, 0.2) is 0 Å². The zero-order valence-corrected chi connectivity index (χ0v) is 6.51. The molecular weight excluding hydrogens is 207 g/mol. The smallest absolute Gasteiger partial charge is 0.454 e. The van der Waals surface area contributed by atoms with Crippen molar-refractivity contribution in [3.8, 4) is 0 Å². The van der Waals surface area contributed by atoms with Crippen LogP contribution in [0.3, 0.4) is 0 Å². The molecule has 0 rings (SSSR count). The summed E-state index contributed by atoms with van der Waals surface area (Å²) in [5, 5.41) is -2.77. The summed E-state index contributed by atoms with van der Waals surface area (Å²) in [5.41, 5.74) is 0. The zero-order valence-electron chi connectivity index (χ0n) is 5.69. The van der Waals surface area contributed by atoms with Crippen molar-refractivity contribution in [3.63, 3.8) is 0 Å². The summed E-state index contributed by atoms with van der Waals surface area (Å²) in [5.74, 6) is -5.19. The van der Waals surface area contributed by atoms with Crippen LogP contribution in [0, 0.1) is 0 Å². The Kier molecular flexibility index (Phi) is 3.18. The van der Waals surface area contributed by atoms with Crippen molar-refractivity contribution in [2.75, 3.05) is 0 Å². The van der Waals surface area contributed by atoms with Gasteiger partial charge in [-0.2, -0.15) is 22.0 Å². The molecule has 0 aliphatic heterocycles. The van der Waals surface area contributed by atoms with Crippen molar-refractivity contribution in [1.29, 1.82) is 0 Å². The monoisotopic (exact) mass is 211 g/mol. The average Bonchev–Trinajstić information content (AvgIpc) is 1.83. The van der Waals surface area contributed by atoms with Gasteiger partial charge in [-0.25, -0.2) is 0 Å².